The zero-order valence-corrected chi connectivity index (χ0v) is 27.1. The number of carbonyl (C=O) groups excluding carboxylic acids is 1. The molecule has 1 rings (SSSR count). The fourth-order valence-electron chi connectivity index (χ4n) is 6.19. The van der Waals surface area contributed by atoms with E-state index in [1.807, 2.05) is 0 Å². The molecule has 4 heteroatoms. The smallest absolute Gasteiger partial charge is 0.226 e. The molecule has 0 aromatic heterocycles. The van der Waals surface area contributed by atoms with Crippen LogP contribution in [-0.2, 0) is 4.79 Å². The second-order valence-electron chi connectivity index (χ2n) is 12.7. The Morgan fingerprint density at radius 2 is 0.868 bits per heavy atom. The summed E-state index contributed by atoms with van der Waals surface area (Å²) in [6.07, 6.45) is 35.7. The summed E-state index contributed by atoms with van der Waals surface area (Å²) in [6, 6.07) is 0. The molecule has 0 aromatic carbocycles. The maximum atomic E-state index is 12.3. The highest BCUT2D eigenvalue weighted by molar-refractivity contribution is 5.77. The van der Waals surface area contributed by atoms with Crippen molar-refractivity contribution >= 4 is 5.91 Å². The van der Waals surface area contributed by atoms with Gasteiger partial charge in [-0.25, -0.2) is 0 Å². The van der Waals surface area contributed by atoms with Crippen molar-refractivity contribution in [1.29, 1.82) is 0 Å². The maximum Gasteiger partial charge on any atom is 0.226 e. The molecule has 228 valence electrons. The Hall–Kier alpha value is -0.280. The Bertz CT molecular complexity index is 485. The number of hydrogen-bond donors (Lipinski definition) is 0. The summed E-state index contributed by atoms with van der Waals surface area (Å²) in [4.78, 5) is 14.5. The summed E-state index contributed by atoms with van der Waals surface area (Å²) in [5, 5.41) is 0. The van der Waals surface area contributed by atoms with Crippen molar-refractivity contribution in [2.45, 2.75) is 181 Å². The molecule has 1 fully saturated rings. The van der Waals surface area contributed by atoms with E-state index in [0.29, 0.717) is 5.91 Å². The summed E-state index contributed by atoms with van der Waals surface area (Å²) in [5.41, 5.74) is 0. The van der Waals surface area contributed by atoms with Crippen LogP contribution < -0.4 is 12.4 Å². The van der Waals surface area contributed by atoms with Crippen LogP contribution in [0.2, 0.25) is 0 Å². The molecular weight excluding hydrogens is 488 g/mol. The van der Waals surface area contributed by atoms with Crippen LogP contribution in [0.25, 0.3) is 0 Å². The predicted octanol–water partition coefficient (Wildman–Crippen LogP) is 7.42. The van der Waals surface area contributed by atoms with Crippen molar-refractivity contribution in [1.82, 2.24) is 4.90 Å². The molecule has 0 radical (unpaired) electrons. The Morgan fingerprint density at radius 3 is 1.16 bits per heavy atom. The Morgan fingerprint density at radius 1 is 0.553 bits per heavy atom. The minimum atomic E-state index is 0. The molecule has 1 aliphatic heterocycles. The molecule has 1 amide bonds. The number of carbonyl (C=O) groups is 1. The van der Waals surface area contributed by atoms with Gasteiger partial charge in [0.25, 0.3) is 0 Å². The Balaban J connectivity index is 0.0000137. The van der Waals surface area contributed by atoms with Gasteiger partial charge in [-0.15, -0.1) is 0 Å². The Labute approximate surface area is 246 Å². The first-order chi connectivity index (χ1) is 18.1. The van der Waals surface area contributed by atoms with Crippen LogP contribution in [0, 0.1) is 0 Å². The van der Waals surface area contributed by atoms with E-state index < -0.39 is 0 Å². The molecule has 38 heavy (non-hydrogen) atoms. The molecule has 0 atom stereocenters. The van der Waals surface area contributed by atoms with Gasteiger partial charge in [0, 0.05) is 13.0 Å². The molecule has 0 saturated carbocycles. The normalized spacial score (nSPS) is 13.9. The van der Waals surface area contributed by atoms with Gasteiger partial charge >= 0.3 is 0 Å². The lowest BCUT2D eigenvalue weighted by atomic mass is 10.0. The highest BCUT2D eigenvalue weighted by Crippen LogP contribution is 2.19. The average molecular weight is 557 g/mol. The quantitative estimate of drug-likeness (QED) is 0.0725. The Kier molecular flexibility index (Phi) is 26.7. The van der Waals surface area contributed by atoms with Crippen molar-refractivity contribution in [3.63, 3.8) is 0 Å². The predicted molar refractivity (Wildman–Crippen MR) is 164 cm³/mol. The average Bonchev–Trinajstić information content (AvgIpc) is 3.29. The number of amides is 1. The minimum Gasteiger partial charge on any atom is -1.00 e. The largest absolute Gasteiger partial charge is 1.00 e. The number of halogens is 1. The van der Waals surface area contributed by atoms with Crippen LogP contribution in [0.1, 0.15) is 181 Å². The SMILES string of the molecule is CCCCCCCCCCCCCC[N+](C)(CCCCCCCCCCCCCC)CN1CCCC1=O.[Cl-]. The summed E-state index contributed by atoms with van der Waals surface area (Å²) < 4.78 is 1.08. The van der Waals surface area contributed by atoms with Gasteiger partial charge in [0.15, 0.2) is 6.67 Å². The van der Waals surface area contributed by atoms with Crippen LogP contribution in [-0.4, -0.2) is 48.6 Å². The molecular formula is C34H69ClN2O. The van der Waals surface area contributed by atoms with Crippen molar-refractivity contribution in [3.8, 4) is 0 Å². The first-order valence-corrected chi connectivity index (χ1v) is 17.2. The fraction of sp³-hybridized carbons (Fsp3) is 0.971. The van der Waals surface area contributed by atoms with Crippen LogP contribution >= 0.6 is 0 Å². The number of quaternary nitrogens is 1. The van der Waals surface area contributed by atoms with E-state index in [9.17, 15) is 4.79 Å². The first-order valence-electron chi connectivity index (χ1n) is 17.2. The van der Waals surface area contributed by atoms with E-state index in [-0.39, 0.29) is 12.4 Å². The summed E-state index contributed by atoms with van der Waals surface area (Å²) in [5.74, 6) is 0.397. The van der Waals surface area contributed by atoms with Crippen LogP contribution in [0.3, 0.4) is 0 Å². The van der Waals surface area contributed by atoms with Gasteiger partial charge in [-0.1, -0.05) is 142 Å². The molecule has 0 aromatic rings. The highest BCUT2D eigenvalue weighted by atomic mass is 35.5. The molecule has 0 bridgehead atoms. The van der Waals surface area contributed by atoms with Gasteiger partial charge in [-0.2, -0.15) is 0 Å². The van der Waals surface area contributed by atoms with Crippen LogP contribution in [0.4, 0.5) is 0 Å². The van der Waals surface area contributed by atoms with Crippen molar-refractivity contribution in [2.75, 3.05) is 33.4 Å². The number of rotatable bonds is 28. The summed E-state index contributed by atoms with van der Waals surface area (Å²) in [6.45, 7) is 9.04. The van der Waals surface area contributed by atoms with E-state index in [0.717, 1.165) is 30.5 Å². The van der Waals surface area contributed by atoms with Crippen LogP contribution in [0.5, 0.6) is 0 Å². The van der Waals surface area contributed by atoms with Gasteiger partial charge in [0.1, 0.15) is 0 Å². The van der Waals surface area contributed by atoms with Crippen LogP contribution in [0.15, 0.2) is 0 Å². The zero-order chi connectivity index (χ0) is 26.9. The lowest BCUT2D eigenvalue weighted by Gasteiger charge is -2.38. The van der Waals surface area contributed by atoms with E-state index >= 15 is 0 Å². The van der Waals surface area contributed by atoms with Gasteiger partial charge in [-0.05, 0) is 32.1 Å². The topological polar surface area (TPSA) is 20.3 Å². The lowest BCUT2D eigenvalue weighted by Crippen LogP contribution is -3.00. The van der Waals surface area contributed by atoms with Gasteiger partial charge in [0.2, 0.25) is 5.91 Å². The van der Waals surface area contributed by atoms with E-state index in [1.165, 1.54) is 167 Å². The third-order valence-electron chi connectivity index (χ3n) is 8.79. The minimum absolute atomic E-state index is 0. The second-order valence-corrected chi connectivity index (χ2v) is 12.7. The number of unbranched alkanes of at least 4 members (excludes halogenated alkanes) is 22. The molecule has 0 spiro atoms. The third kappa shape index (κ3) is 21.5. The second kappa shape index (κ2) is 26.9. The summed E-state index contributed by atoms with van der Waals surface area (Å²) in [7, 11) is 2.43. The van der Waals surface area contributed by atoms with Gasteiger partial charge < -0.3 is 16.9 Å². The molecule has 0 N–H and O–H groups in total. The molecule has 1 heterocycles. The van der Waals surface area contributed by atoms with E-state index in [4.69, 9.17) is 0 Å². The van der Waals surface area contributed by atoms with Crippen molar-refractivity contribution in [3.05, 3.63) is 0 Å². The monoisotopic (exact) mass is 557 g/mol. The fourth-order valence-corrected chi connectivity index (χ4v) is 6.19. The van der Waals surface area contributed by atoms with Gasteiger partial charge in [0.05, 0.1) is 20.1 Å². The number of likely N-dealkylation sites (tertiary alicyclic amines) is 1. The van der Waals surface area contributed by atoms with Gasteiger partial charge in [-0.3, -0.25) is 9.69 Å². The summed E-state index contributed by atoms with van der Waals surface area (Å²) >= 11 is 0. The molecule has 1 saturated heterocycles. The third-order valence-corrected chi connectivity index (χ3v) is 8.79. The number of hydrogen-bond acceptors (Lipinski definition) is 1. The lowest BCUT2D eigenvalue weighted by molar-refractivity contribution is -0.918. The standard InChI is InChI=1S/C34H69N2O.ClH/c1-4-6-8-10-12-14-16-18-20-22-24-26-31-36(3,33-35-30-28-29-34(35)37)32-27-25-23-21-19-17-15-13-11-9-7-5-2;/h4-33H2,1-3H3;1H/q+1;/p-1. The molecule has 0 aliphatic carbocycles. The van der Waals surface area contributed by atoms with E-state index in [1.54, 1.807) is 0 Å². The zero-order valence-electron chi connectivity index (χ0n) is 26.4. The molecule has 0 unspecified atom stereocenters. The molecule has 1 aliphatic rings. The van der Waals surface area contributed by atoms with Crippen molar-refractivity contribution in [2.24, 2.45) is 0 Å². The van der Waals surface area contributed by atoms with Crippen molar-refractivity contribution < 1.29 is 21.7 Å². The maximum absolute atomic E-state index is 12.3. The number of nitrogens with zero attached hydrogens (tertiary/aromatic N) is 2. The van der Waals surface area contributed by atoms with E-state index in [2.05, 4.69) is 25.8 Å². The highest BCUT2D eigenvalue weighted by Gasteiger charge is 2.29. The molecule has 3 nitrogen and oxygen atoms in total. The first kappa shape index (κ1) is 37.7.